The molecular formula is C37H50O. The van der Waals surface area contributed by atoms with Gasteiger partial charge in [0.2, 0.25) is 0 Å². The van der Waals surface area contributed by atoms with Gasteiger partial charge in [0.05, 0.1) is 6.61 Å². The van der Waals surface area contributed by atoms with Gasteiger partial charge in [-0.3, -0.25) is 0 Å². The molecule has 4 rings (SSSR count). The Hall–Kier alpha value is -2.46. The third-order valence-corrected chi connectivity index (χ3v) is 9.00. The number of hydrogen-bond donors (Lipinski definition) is 0. The molecule has 0 heterocycles. The maximum atomic E-state index is 5.82. The van der Waals surface area contributed by atoms with Crippen molar-refractivity contribution >= 4 is 0 Å². The first-order valence-electron chi connectivity index (χ1n) is 15.8. The normalized spacial score (nSPS) is 23.6. The molecule has 2 saturated carbocycles. The van der Waals surface area contributed by atoms with E-state index in [-0.39, 0.29) is 0 Å². The molecule has 1 nitrogen and oxygen atoms in total. The van der Waals surface area contributed by atoms with Crippen LogP contribution in [0.4, 0.5) is 0 Å². The quantitative estimate of drug-likeness (QED) is 0.216. The zero-order valence-corrected chi connectivity index (χ0v) is 24.1. The minimum absolute atomic E-state index is 0.664. The standard InChI is InChI=1S/C37H50O/c1-3-5-7-10-30-13-19-33(20-14-30)34-21-15-31(16-22-34)11-8-9-12-32-17-23-35(24-18-32)36-25-27-37(28-26-36)38-29-6-4-2/h9,12,15-16,21-22,25-28,30,32-33,35H,3-7,10,13-14,17-20,23-24,29H2,1-2H3/b12-9+/t30-,32-,33-,35-. The number of rotatable bonds is 11. The van der Waals surface area contributed by atoms with E-state index < -0.39 is 0 Å². The Bertz CT molecular complexity index is 1000. The van der Waals surface area contributed by atoms with Crippen LogP contribution in [0.3, 0.4) is 0 Å². The lowest BCUT2D eigenvalue weighted by Gasteiger charge is -2.29. The SMILES string of the molecule is CCCCC[C@H]1CC[C@H](c2ccc(C#C/C=C/[C@H]3CC[C@H](c4ccc(OCCCC)cc4)CC3)cc2)CC1. The van der Waals surface area contributed by atoms with Gasteiger partial charge in [-0.1, -0.05) is 88.1 Å². The van der Waals surface area contributed by atoms with E-state index in [9.17, 15) is 0 Å². The summed E-state index contributed by atoms with van der Waals surface area (Å²) in [5.74, 6) is 10.8. The minimum atomic E-state index is 0.664. The van der Waals surface area contributed by atoms with Gasteiger partial charge in [0.25, 0.3) is 0 Å². The Kier molecular flexibility index (Phi) is 11.9. The molecule has 0 spiro atoms. The highest BCUT2D eigenvalue weighted by molar-refractivity contribution is 5.39. The summed E-state index contributed by atoms with van der Waals surface area (Å²) in [6, 6.07) is 18.0. The van der Waals surface area contributed by atoms with E-state index >= 15 is 0 Å². The lowest BCUT2D eigenvalue weighted by Crippen LogP contribution is -2.13. The van der Waals surface area contributed by atoms with Gasteiger partial charge in [0, 0.05) is 5.56 Å². The lowest BCUT2D eigenvalue weighted by molar-refractivity contribution is 0.303. The van der Waals surface area contributed by atoms with Crippen LogP contribution in [0.15, 0.2) is 60.7 Å². The monoisotopic (exact) mass is 510 g/mol. The van der Waals surface area contributed by atoms with Crippen LogP contribution in [0, 0.1) is 23.7 Å². The lowest BCUT2D eigenvalue weighted by atomic mass is 9.77. The Morgan fingerprint density at radius 1 is 0.711 bits per heavy atom. The second-order valence-electron chi connectivity index (χ2n) is 11.8. The van der Waals surface area contributed by atoms with E-state index in [1.165, 1.54) is 94.6 Å². The van der Waals surface area contributed by atoms with Crippen molar-refractivity contribution in [1.82, 2.24) is 0 Å². The predicted molar refractivity (Wildman–Crippen MR) is 163 cm³/mol. The summed E-state index contributed by atoms with van der Waals surface area (Å²) in [6.45, 7) is 5.32. The van der Waals surface area contributed by atoms with Crippen LogP contribution in [-0.4, -0.2) is 6.61 Å². The van der Waals surface area contributed by atoms with Crippen LogP contribution in [0.2, 0.25) is 0 Å². The molecule has 204 valence electrons. The van der Waals surface area contributed by atoms with Crippen LogP contribution in [0.1, 0.15) is 132 Å². The van der Waals surface area contributed by atoms with Gasteiger partial charge in [0.15, 0.2) is 0 Å². The summed E-state index contributed by atoms with van der Waals surface area (Å²) in [6.07, 6.45) is 23.0. The van der Waals surface area contributed by atoms with Gasteiger partial charge in [-0.05, 0) is 123 Å². The van der Waals surface area contributed by atoms with Crippen LogP contribution in [0.25, 0.3) is 0 Å². The summed E-state index contributed by atoms with van der Waals surface area (Å²) in [7, 11) is 0. The maximum Gasteiger partial charge on any atom is 0.119 e. The second kappa shape index (κ2) is 15.8. The molecule has 38 heavy (non-hydrogen) atoms. The number of hydrogen-bond acceptors (Lipinski definition) is 1. The van der Waals surface area contributed by atoms with E-state index in [1.807, 2.05) is 0 Å². The zero-order valence-electron chi connectivity index (χ0n) is 24.1. The van der Waals surface area contributed by atoms with Crippen LogP contribution >= 0.6 is 0 Å². The molecule has 2 aromatic carbocycles. The fourth-order valence-electron chi connectivity index (χ4n) is 6.43. The van der Waals surface area contributed by atoms with Crippen molar-refractivity contribution in [2.24, 2.45) is 11.8 Å². The van der Waals surface area contributed by atoms with Crippen molar-refractivity contribution in [1.29, 1.82) is 0 Å². The van der Waals surface area contributed by atoms with Gasteiger partial charge < -0.3 is 4.74 Å². The predicted octanol–water partition coefficient (Wildman–Crippen LogP) is 10.6. The van der Waals surface area contributed by atoms with Gasteiger partial charge in [-0.25, -0.2) is 0 Å². The van der Waals surface area contributed by atoms with Crippen molar-refractivity contribution in [3.8, 4) is 17.6 Å². The van der Waals surface area contributed by atoms with E-state index in [0.29, 0.717) is 11.8 Å². The van der Waals surface area contributed by atoms with E-state index in [2.05, 4.69) is 86.4 Å². The van der Waals surface area contributed by atoms with Crippen LogP contribution in [-0.2, 0) is 0 Å². The molecule has 0 N–H and O–H groups in total. The molecule has 0 amide bonds. The van der Waals surface area contributed by atoms with Crippen molar-refractivity contribution in [3.05, 3.63) is 77.4 Å². The molecule has 0 saturated heterocycles. The fourth-order valence-corrected chi connectivity index (χ4v) is 6.43. The van der Waals surface area contributed by atoms with Crippen LogP contribution < -0.4 is 4.74 Å². The third-order valence-electron chi connectivity index (χ3n) is 9.00. The molecule has 1 heteroatoms. The molecule has 0 aliphatic heterocycles. The zero-order chi connectivity index (χ0) is 26.4. The van der Waals surface area contributed by atoms with E-state index in [0.717, 1.165) is 36.2 Å². The Labute approximate surface area is 233 Å². The molecule has 0 radical (unpaired) electrons. The molecule has 0 bridgehead atoms. The molecule has 0 aromatic heterocycles. The van der Waals surface area contributed by atoms with E-state index in [4.69, 9.17) is 4.74 Å². The largest absolute Gasteiger partial charge is 0.494 e. The summed E-state index contributed by atoms with van der Waals surface area (Å²) >= 11 is 0. The van der Waals surface area contributed by atoms with Crippen molar-refractivity contribution in [2.75, 3.05) is 6.61 Å². The van der Waals surface area contributed by atoms with E-state index in [1.54, 1.807) is 0 Å². The van der Waals surface area contributed by atoms with Crippen molar-refractivity contribution in [2.45, 2.75) is 116 Å². The third kappa shape index (κ3) is 9.08. The minimum Gasteiger partial charge on any atom is -0.494 e. The first-order valence-corrected chi connectivity index (χ1v) is 15.8. The topological polar surface area (TPSA) is 9.23 Å². The van der Waals surface area contributed by atoms with Gasteiger partial charge >= 0.3 is 0 Å². The molecular weight excluding hydrogens is 460 g/mol. The number of benzene rings is 2. The molecule has 0 unspecified atom stereocenters. The highest BCUT2D eigenvalue weighted by Gasteiger charge is 2.22. The second-order valence-corrected chi connectivity index (χ2v) is 11.8. The van der Waals surface area contributed by atoms with Gasteiger partial charge in [-0.15, -0.1) is 0 Å². The Morgan fingerprint density at radius 3 is 1.95 bits per heavy atom. The number of allylic oxidation sites excluding steroid dienone is 2. The highest BCUT2D eigenvalue weighted by atomic mass is 16.5. The molecule has 2 aromatic rings. The Balaban J connectivity index is 1.17. The average Bonchev–Trinajstić information content (AvgIpc) is 2.97. The van der Waals surface area contributed by atoms with Crippen LogP contribution in [0.5, 0.6) is 5.75 Å². The first-order chi connectivity index (χ1) is 18.7. The van der Waals surface area contributed by atoms with Gasteiger partial charge in [0.1, 0.15) is 5.75 Å². The molecule has 0 atom stereocenters. The fraction of sp³-hybridized carbons (Fsp3) is 0.568. The maximum absolute atomic E-state index is 5.82. The van der Waals surface area contributed by atoms with Gasteiger partial charge in [-0.2, -0.15) is 0 Å². The summed E-state index contributed by atoms with van der Waals surface area (Å²) in [4.78, 5) is 0. The average molecular weight is 511 g/mol. The molecule has 2 aliphatic carbocycles. The Morgan fingerprint density at radius 2 is 1.32 bits per heavy atom. The smallest absolute Gasteiger partial charge is 0.119 e. The summed E-state index contributed by atoms with van der Waals surface area (Å²) in [5.41, 5.74) is 4.13. The summed E-state index contributed by atoms with van der Waals surface area (Å²) in [5, 5.41) is 0. The number of ether oxygens (including phenoxy) is 1. The first kappa shape index (κ1) is 28.5. The highest BCUT2D eigenvalue weighted by Crippen LogP contribution is 2.38. The molecule has 2 aliphatic rings. The van der Waals surface area contributed by atoms with Crippen molar-refractivity contribution < 1.29 is 4.74 Å². The van der Waals surface area contributed by atoms with Crippen molar-refractivity contribution in [3.63, 3.8) is 0 Å². The summed E-state index contributed by atoms with van der Waals surface area (Å²) < 4.78 is 5.82. The molecule has 2 fully saturated rings. The number of unbranched alkanes of at least 4 members (excludes halogenated alkanes) is 3.